The first-order chi connectivity index (χ1) is 17.2. The molecule has 0 bridgehead atoms. The van der Waals surface area contributed by atoms with Crippen molar-refractivity contribution in [1.82, 2.24) is 19.7 Å². The number of rotatable bonds is 7. The summed E-state index contributed by atoms with van der Waals surface area (Å²) < 4.78 is 12.8. The average molecular weight is 462 g/mol. The molecule has 7 nitrogen and oxygen atoms in total. The second-order valence-corrected chi connectivity index (χ2v) is 7.96. The Labute approximate surface area is 202 Å². The maximum atomic E-state index is 9.98. The minimum atomic E-state index is 0.419. The highest BCUT2D eigenvalue weighted by molar-refractivity contribution is 5.92. The van der Waals surface area contributed by atoms with Crippen LogP contribution in [0, 0.1) is 11.3 Å². The largest absolute Gasteiger partial charge is 0.493 e. The molecule has 0 unspecified atom stereocenters. The molecule has 0 aliphatic heterocycles. The van der Waals surface area contributed by atoms with Crippen LogP contribution in [0.3, 0.4) is 0 Å². The number of hydrogen-bond acceptors (Lipinski definition) is 5. The van der Waals surface area contributed by atoms with E-state index in [2.05, 4.69) is 28.2 Å². The summed E-state index contributed by atoms with van der Waals surface area (Å²) in [6, 6.07) is 25.8. The van der Waals surface area contributed by atoms with Gasteiger partial charge in [-0.1, -0.05) is 42.5 Å². The van der Waals surface area contributed by atoms with E-state index in [0.717, 1.165) is 33.4 Å². The number of methoxy groups -OCH3 is 2. The number of allylic oxidation sites excluding steroid dienone is 1. The number of hydrogen-bond donors (Lipinski definition) is 1. The van der Waals surface area contributed by atoms with Crippen LogP contribution in [0.2, 0.25) is 0 Å². The molecule has 0 spiro atoms. The van der Waals surface area contributed by atoms with E-state index in [9.17, 15) is 5.26 Å². The van der Waals surface area contributed by atoms with Gasteiger partial charge < -0.3 is 14.5 Å². The van der Waals surface area contributed by atoms with E-state index in [-0.39, 0.29) is 0 Å². The molecule has 172 valence electrons. The van der Waals surface area contributed by atoms with Crippen LogP contribution in [0.5, 0.6) is 11.5 Å². The second kappa shape index (κ2) is 9.57. The molecule has 3 aromatic carbocycles. The number of nitrogens with zero attached hydrogens (tertiary/aromatic N) is 4. The molecule has 1 N–H and O–H groups in total. The summed E-state index contributed by atoms with van der Waals surface area (Å²) in [7, 11) is 3.21. The van der Waals surface area contributed by atoms with Crippen LogP contribution >= 0.6 is 0 Å². The van der Waals surface area contributed by atoms with Gasteiger partial charge in [-0.05, 0) is 42.0 Å². The molecule has 0 radical (unpaired) electrons. The molecule has 5 aromatic rings. The summed E-state index contributed by atoms with van der Waals surface area (Å²) in [4.78, 5) is 7.84. The van der Waals surface area contributed by atoms with Crippen LogP contribution in [-0.2, 0) is 6.54 Å². The van der Waals surface area contributed by atoms with Gasteiger partial charge in [0.2, 0.25) is 0 Å². The van der Waals surface area contributed by atoms with Gasteiger partial charge >= 0.3 is 0 Å². The minimum Gasteiger partial charge on any atom is -0.493 e. The number of nitriles is 1. The summed E-state index contributed by atoms with van der Waals surface area (Å²) in [5, 5.41) is 14.8. The Morgan fingerprint density at radius 2 is 1.77 bits per heavy atom. The Bertz CT molecular complexity index is 1520. The van der Waals surface area contributed by atoms with E-state index in [0.29, 0.717) is 29.4 Å². The smallest absolute Gasteiger partial charge is 0.161 e. The van der Waals surface area contributed by atoms with Crippen molar-refractivity contribution >= 4 is 22.7 Å². The topological polar surface area (TPSA) is 88.8 Å². The minimum absolute atomic E-state index is 0.419. The van der Waals surface area contributed by atoms with Gasteiger partial charge in [0, 0.05) is 17.3 Å². The standard InChI is InChI=1S/C28H23N5O2/c1-34-25-13-12-20(15-26(25)35-2)27-22(18-33(32-27)17-19-8-4-3-5-9-19)14-21(16-29)28-30-23-10-6-7-11-24(23)31-28/h3-15,18H,17H2,1-2H3,(H,30,31)/b21-14+. The predicted octanol–water partition coefficient (Wildman–Crippen LogP) is 5.56. The van der Waals surface area contributed by atoms with Gasteiger partial charge in [-0.2, -0.15) is 10.4 Å². The molecule has 2 aromatic heterocycles. The molecule has 7 heteroatoms. The lowest BCUT2D eigenvalue weighted by molar-refractivity contribution is 0.355. The fraction of sp³-hybridized carbons (Fsp3) is 0.107. The van der Waals surface area contributed by atoms with E-state index in [1.54, 1.807) is 14.2 Å². The third kappa shape index (κ3) is 4.50. The average Bonchev–Trinajstić information content (AvgIpc) is 3.51. The first kappa shape index (κ1) is 22.0. The highest BCUT2D eigenvalue weighted by Gasteiger charge is 2.16. The molecule has 0 aliphatic rings. The van der Waals surface area contributed by atoms with Crippen LogP contribution in [-0.4, -0.2) is 34.0 Å². The second-order valence-electron chi connectivity index (χ2n) is 7.96. The molecule has 35 heavy (non-hydrogen) atoms. The zero-order chi connectivity index (χ0) is 24.2. The third-order valence-electron chi connectivity index (χ3n) is 5.70. The summed E-state index contributed by atoms with van der Waals surface area (Å²) in [5.74, 6) is 1.76. The van der Waals surface area contributed by atoms with Gasteiger partial charge in [0.15, 0.2) is 11.5 Å². The molecule has 0 fully saturated rings. The van der Waals surface area contributed by atoms with Crippen molar-refractivity contribution in [3.05, 3.63) is 95.9 Å². The third-order valence-corrected chi connectivity index (χ3v) is 5.70. The van der Waals surface area contributed by atoms with E-state index in [4.69, 9.17) is 14.6 Å². The highest BCUT2D eigenvalue weighted by Crippen LogP contribution is 2.34. The maximum Gasteiger partial charge on any atom is 0.161 e. The van der Waals surface area contributed by atoms with Crippen LogP contribution in [0.1, 0.15) is 17.0 Å². The van der Waals surface area contributed by atoms with Crippen LogP contribution in [0.25, 0.3) is 33.9 Å². The van der Waals surface area contributed by atoms with Gasteiger partial charge in [-0.25, -0.2) is 4.98 Å². The van der Waals surface area contributed by atoms with Gasteiger partial charge in [-0.3, -0.25) is 4.68 Å². The Morgan fingerprint density at radius 3 is 2.51 bits per heavy atom. The number of H-pyrrole nitrogens is 1. The number of aromatic nitrogens is 4. The summed E-state index contributed by atoms with van der Waals surface area (Å²) >= 11 is 0. The highest BCUT2D eigenvalue weighted by atomic mass is 16.5. The molecule has 5 rings (SSSR count). The van der Waals surface area contributed by atoms with Crippen LogP contribution in [0.4, 0.5) is 0 Å². The van der Waals surface area contributed by atoms with E-state index < -0.39 is 0 Å². The molecule has 0 amide bonds. The van der Waals surface area contributed by atoms with Crippen molar-refractivity contribution in [2.45, 2.75) is 6.54 Å². The van der Waals surface area contributed by atoms with Gasteiger partial charge in [0.25, 0.3) is 0 Å². The molecule has 0 atom stereocenters. The number of benzene rings is 3. The van der Waals surface area contributed by atoms with E-state index in [1.807, 2.05) is 77.6 Å². The van der Waals surface area contributed by atoms with Gasteiger partial charge in [-0.15, -0.1) is 0 Å². The Kier molecular flexibility index (Phi) is 6.01. The molecule has 2 heterocycles. The fourth-order valence-electron chi connectivity index (χ4n) is 3.99. The Hall–Kier alpha value is -4.83. The quantitative estimate of drug-likeness (QED) is 0.321. The predicted molar refractivity (Wildman–Crippen MR) is 136 cm³/mol. The van der Waals surface area contributed by atoms with Crippen molar-refractivity contribution in [2.24, 2.45) is 0 Å². The normalized spacial score (nSPS) is 11.4. The van der Waals surface area contributed by atoms with Crippen LogP contribution in [0.15, 0.2) is 79.0 Å². The number of aromatic amines is 1. The number of ether oxygens (including phenoxy) is 2. The lowest BCUT2D eigenvalue weighted by Crippen LogP contribution is -2.00. The van der Waals surface area contributed by atoms with Crippen molar-refractivity contribution in [2.75, 3.05) is 14.2 Å². The first-order valence-electron chi connectivity index (χ1n) is 11.1. The Balaban J connectivity index is 1.62. The molecule has 0 saturated carbocycles. The van der Waals surface area contributed by atoms with Crippen LogP contribution < -0.4 is 9.47 Å². The van der Waals surface area contributed by atoms with Crippen molar-refractivity contribution in [3.63, 3.8) is 0 Å². The molecule has 0 saturated heterocycles. The zero-order valence-electron chi connectivity index (χ0n) is 19.4. The van der Waals surface area contributed by atoms with Gasteiger partial charge in [0.1, 0.15) is 11.9 Å². The lowest BCUT2D eigenvalue weighted by atomic mass is 10.1. The maximum absolute atomic E-state index is 9.98. The SMILES string of the molecule is COc1ccc(-c2nn(Cc3ccccc3)cc2/C=C(\C#N)c2nc3ccccc3[nH]2)cc1OC. The number of fused-ring (bicyclic) bond motifs is 1. The van der Waals surface area contributed by atoms with Crippen molar-refractivity contribution in [3.8, 4) is 28.8 Å². The van der Waals surface area contributed by atoms with E-state index >= 15 is 0 Å². The molecular weight excluding hydrogens is 438 g/mol. The summed E-state index contributed by atoms with van der Waals surface area (Å²) in [5.41, 5.74) is 5.61. The van der Waals surface area contributed by atoms with Crippen molar-refractivity contribution < 1.29 is 9.47 Å². The summed E-state index contributed by atoms with van der Waals surface area (Å²) in [6.07, 6.45) is 3.76. The monoisotopic (exact) mass is 461 g/mol. The van der Waals surface area contributed by atoms with E-state index in [1.165, 1.54) is 0 Å². The first-order valence-corrected chi connectivity index (χ1v) is 11.1. The van der Waals surface area contributed by atoms with Gasteiger partial charge in [0.05, 0.1) is 43.1 Å². The number of para-hydroxylation sites is 2. The molecule has 0 aliphatic carbocycles. The summed E-state index contributed by atoms with van der Waals surface area (Å²) in [6.45, 7) is 0.599. The lowest BCUT2D eigenvalue weighted by Gasteiger charge is -2.09. The Morgan fingerprint density at radius 1 is 1.00 bits per heavy atom. The van der Waals surface area contributed by atoms with Crippen molar-refractivity contribution in [1.29, 1.82) is 5.26 Å². The number of imidazole rings is 1. The number of nitrogens with one attached hydrogen (secondary N) is 1. The fourth-order valence-corrected chi connectivity index (χ4v) is 3.99. The molecular formula is C28H23N5O2. The zero-order valence-corrected chi connectivity index (χ0v) is 19.4.